The number of hydrogen-bond acceptors (Lipinski definition) is 5. The van der Waals surface area contributed by atoms with E-state index in [4.69, 9.17) is 5.26 Å². The Hall–Kier alpha value is -1.58. The van der Waals surface area contributed by atoms with Gasteiger partial charge in [0.25, 0.3) is 0 Å². The summed E-state index contributed by atoms with van der Waals surface area (Å²) in [5.41, 5.74) is 0.744. The van der Waals surface area contributed by atoms with Gasteiger partial charge in [-0.15, -0.1) is 0 Å². The van der Waals surface area contributed by atoms with Crippen molar-refractivity contribution >= 4 is 16.8 Å². The maximum Gasteiger partial charge on any atom is 0.122 e. The van der Waals surface area contributed by atoms with Gasteiger partial charge >= 0.3 is 0 Å². The first-order valence-corrected chi connectivity index (χ1v) is 4.91. The molecule has 1 atom stereocenters. The zero-order chi connectivity index (χ0) is 10.4. The fourth-order valence-electron chi connectivity index (χ4n) is 0.808. The third-order valence-corrected chi connectivity index (χ3v) is 1.69. The van der Waals surface area contributed by atoms with E-state index in [1.807, 2.05) is 6.07 Å². The molecule has 0 aromatic heterocycles. The van der Waals surface area contributed by atoms with E-state index in [0.29, 0.717) is 11.3 Å². The summed E-state index contributed by atoms with van der Waals surface area (Å²) in [6.45, 7) is 0. The molecule has 0 fully saturated rings. The average molecular weight is 208 g/mol. The van der Waals surface area contributed by atoms with Crippen LogP contribution in [0.2, 0.25) is 0 Å². The Labute approximate surface area is 83.4 Å². The SMILES string of the molecule is N#Cc1ccccc1N=NCS(=O)[O-]. The van der Waals surface area contributed by atoms with Crippen molar-refractivity contribution in [1.29, 1.82) is 5.26 Å². The molecular formula is C8H6N3O2S-. The number of nitrogens with zero attached hydrogens (tertiary/aromatic N) is 3. The topological polar surface area (TPSA) is 88.6 Å². The maximum atomic E-state index is 10.1. The molecule has 5 nitrogen and oxygen atoms in total. The van der Waals surface area contributed by atoms with Gasteiger partial charge in [-0.2, -0.15) is 15.5 Å². The highest BCUT2D eigenvalue weighted by Gasteiger charge is 1.96. The summed E-state index contributed by atoms with van der Waals surface area (Å²) in [5, 5.41) is 15.7. The van der Waals surface area contributed by atoms with Crippen molar-refractivity contribution < 1.29 is 8.76 Å². The Morgan fingerprint density at radius 2 is 2.21 bits per heavy atom. The lowest BCUT2D eigenvalue weighted by Gasteiger charge is -1.98. The quantitative estimate of drug-likeness (QED) is 0.556. The average Bonchev–Trinajstić information content (AvgIpc) is 2.18. The first kappa shape index (κ1) is 10.5. The van der Waals surface area contributed by atoms with Crippen LogP contribution in [-0.2, 0) is 11.1 Å². The van der Waals surface area contributed by atoms with Gasteiger partial charge in [0.15, 0.2) is 0 Å². The molecule has 0 radical (unpaired) electrons. The first-order chi connectivity index (χ1) is 6.74. The number of hydrogen-bond donors (Lipinski definition) is 0. The molecule has 0 saturated heterocycles. The molecule has 0 aliphatic rings. The minimum atomic E-state index is -2.24. The molecular weight excluding hydrogens is 202 g/mol. The van der Waals surface area contributed by atoms with Crippen molar-refractivity contribution in [2.24, 2.45) is 10.2 Å². The predicted molar refractivity (Wildman–Crippen MR) is 49.5 cm³/mol. The molecule has 72 valence electrons. The van der Waals surface area contributed by atoms with E-state index in [0.717, 1.165) is 0 Å². The number of nitriles is 1. The highest BCUT2D eigenvalue weighted by Crippen LogP contribution is 2.17. The van der Waals surface area contributed by atoms with Crippen LogP contribution in [0.15, 0.2) is 34.5 Å². The summed E-state index contributed by atoms with van der Waals surface area (Å²) in [6, 6.07) is 8.50. The molecule has 0 amide bonds. The van der Waals surface area contributed by atoms with E-state index in [1.54, 1.807) is 24.3 Å². The van der Waals surface area contributed by atoms with Crippen LogP contribution in [0, 0.1) is 11.3 Å². The van der Waals surface area contributed by atoms with Crippen LogP contribution in [0.25, 0.3) is 0 Å². The van der Waals surface area contributed by atoms with E-state index >= 15 is 0 Å². The third kappa shape index (κ3) is 3.05. The molecule has 0 aliphatic carbocycles. The minimum Gasteiger partial charge on any atom is -0.771 e. The van der Waals surface area contributed by atoms with Gasteiger partial charge in [-0.1, -0.05) is 12.1 Å². The lowest BCUT2D eigenvalue weighted by molar-refractivity contribution is 0.536. The third-order valence-electron chi connectivity index (χ3n) is 1.37. The van der Waals surface area contributed by atoms with E-state index in [-0.39, 0.29) is 5.88 Å². The normalized spacial score (nSPS) is 12.6. The van der Waals surface area contributed by atoms with Crippen molar-refractivity contribution in [1.82, 2.24) is 0 Å². The Morgan fingerprint density at radius 3 is 2.86 bits per heavy atom. The fourth-order valence-corrected chi connectivity index (χ4v) is 0.960. The minimum absolute atomic E-state index is 0.368. The molecule has 1 rings (SSSR count). The van der Waals surface area contributed by atoms with Crippen molar-refractivity contribution in [2.75, 3.05) is 5.88 Å². The fraction of sp³-hybridized carbons (Fsp3) is 0.125. The second-order valence-corrected chi connectivity index (χ2v) is 3.17. The molecule has 0 N–H and O–H groups in total. The molecule has 1 aromatic rings. The van der Waals surface area contributed by atoms with Crippen molar-refractivity contribution in [3.8, 4) is 6.07 Å². The predicted octanol–water partition coefficient (Wildman–Crippen LogP) is 1.48. The van der Waals surface area contributed by atoms with Crippen LogP contribution in [0.3, 0.4) is 0 Å². The molecule has 0 saturated carbocycles. The van der Waals surface area contributed by atoms with Gasteiger partial charge in [0.1, 0.15) is 17.6 Å². The van der Waals surface area contributed by atoms with Gasteiger partial charge in [0, 0.05) is 0 Å². The van der Waals surface area contributed by atoms with Crippen LogP contribution >= 0.6 is 0 Å². The van der Waals surface area contributed by atoms with Crippen molar-refractivity contribution in [3.05, 3.63) is 29.8 Å². The van der Waals surface area contributed by atoms with Gasteiger partial charge < -0.3 is 4.55 Å². The highest BCUT2D eigenvalue weighted by molar-refractivity contribution is 7.79. The summed E-state index contributed by atoms with van der Waals surface area (Å²) in [6.07, 6.45) is 0. The highest BCUT2D eigenvalue weighted by atomic mass is 32.2. The lowest BCUT2D eigenvalue weighted by Crippen LogP contribution is -1.89. The van der Waals surface area contributed by atoms with Gasteiger partial charge in [-0.05, 0) is 23.2 Å². The number of rotatable bonds is 3. The molecule has 0 heterocycles. The van der Waals surface area contributed by atoms with Crippen LogP contribution < -0.4 is 0 Å². The lowest BCUT2D eigenvalue weighted by atomic mass is 10.2. The van der Waals surface area contributed by atoms with Gasteiger partial charge in [0.05, 0.1) is 5.56 Å². The van der Waals surface area contributed by atoms with E-state index < -0.39 is 11.1 Å². The van der Waals surface area contributed by atoms with Gasteiger partial charge in [0.2, 0.25) is 0 Å². The van der Waals surface area contributed by atoms with Crippen LogP contribution in [0.4, 0.5) is 5.69 Å². The molecule has 1 unspecified atom stereocenters. The molecule has 6 heteroatoms. The summed E-state index contributed by atoms with van der Waals surface area (Å²) in [7, 11) is 0. The van der Waals surface area contributed by atoms with E-state index in [2.05, 4.69) is 10.2 Å². The first-order valence-electron chi connectivity index (χ1n) is 3.66. The Morgan fingerprint density at radius 1 is 1.50 bits per heavy atom. The molecule has 0 bridgehead atoms. The molecule has 0 spiro atoms. The second-order valence-electron chi connectivity index (χ2n) is 2.30. The Balaban J connectivity index is 2.81. The largest absolute Gasteiger partial charge is 0.771 e. The standard InChI is InChI=1S/C8H7N3O2S/c9-5-7-3-1-2-4-8(7)11-10-6-14(12)13/h1-4H,6H2,(H,12,13)/p-1. The summed E-state index contributed by atoms with van der Waals surface area (Å²) in [4.78, 5) is 0. The van der Waals surface area contributed by atoms with Crippen molar-refractivity contribution in [2.45, 2.75) is 0 Å². The second kappa shape index (κ2) is 5.21. The molecule has 14 heavy (non-hydrogen) atoms. The maximum absolute atomic E-state index is 10.1. The summed E-state index contributed by atoms with van der Waals surface area (Å²) >= 11 is -2.24. The van der Waals surface area contributed by atoms with Crippen LogP contribution in [0.1, 0.15) is 5.56 Å². The Kier molecular flexibility index (Phi) is 3.91. The Bertz CT molecular complexity index is 411. The van der Waals surface area contributed by atoms with Crippen LogP contribution in [-0.4, -0.2) is 14.6 Å². The number of benzene rings is 1. The molecule has 1 aromatic carbocycles. The van der Waals surface area contributed by atoms with E-state index in [9.17, 15) is 8.76 Å². The van der Waals surface area contributed by atoms with E-state index in [1.165, 1.54) is 0 Å². The monoisotopic (exact) mass is 208 g/mol. The smallest absolute Gasteiger partial charge is 0.122 e. The zero-order valence-electron chi connectivity index (χ0n) is 7.08. The number of azo groups is 1. The van der Waals surface area contributed by atoms with Crippen LogP contribution in [0.5, 0.6) is 0 Å². The zero-order valence-corrected chi connectivity index (χ0v) is 7.90. The summed E-state index contributed by atoms with van der Waals surface area (Å²) < 4.78 is 20.3. The van der Waals surface area contributed by atoms with Crippen molar-refractivity contribution in [3.63, 3.8) is 0 Å². The summed E-state index contributed by atoms with van der Waals surface area (Å²) in [5.74, 6) is -0.389. The molecule has 0 aliphatic heterocycles. The van der Waals surface area contributed by atoms with Gasteiger partial charge in [-0.3, -0.25) is 4.21 Å². The van der Waals surface area contributed by atoms with Gasteiger partial charge in [-0.25, -0.2) is 0 Å².